The number of rotatable bonds is 13. The van der Waals surface area contributed by atoms with Gasteiger partial charge in [0.25, 0.3) is 20.0 Å². The standard InChI is InChI=1S/C25H28F2N2O7S2/c1-4-12-35-17-6-9-22(20(26)14-17)28-37(30,31)19-8-11-24(34-3)25(16-19)38(32,33)29-23-10-7-18(15-21(23)27)36-13-5-2/h6-11,14-16,28-29H,4-5,12-13H2,1-3H3. The average molecular weight is 571 g/mol. The monoisotopic (exact) mass is 570 g/mol. The fraction of sp³-hybridized carbons (Fsp3) is 0.280. The molecular weight excluding hydrogens is 542 g/mol. The van der Waals surface area contributed by atoms with Crippen LogP contribution in [0.1, 0.15) is 26.7 Å². The molecule has 0 radical (unpaired) electrons. The zero-order valence-electron chi connectivity index (χ0n) is 21.0. The Kier molecular flexibility index (Phi) is 9.39. The molecule has 0 unspecified atom stereocenters. The highest BCUT2D eigenvalue weighted by Gasteiger charge is 2.26. The van der Waals surface area contributed by atoms with Crippen LogP contribution in [0.2, 0.25) is 0 Å². The third kappa shape index (κ3) is 7.04. The van der Waals surface area contributed by atoms with Crippen molar-refractivity contribution >= 4 is 31.4 Å². The lowest BCUT2D eigenvalue weighted by Gasteiger charge is -2.15. The lowest BCUT2D eigenvalue weighted by molar-refractivity contribution is 0.316. The molecule has 0 saturated heterocycles. The maximum absolute atomic E-state index is 14.6. The van der Waals surface area contributed by atoms with Crippen LogP contribution in [-0.2, 0) is 20.0 Å². The van der Waals surface area contributed by atoms with E-state index >= 15 is 0 Å². The van der Waals surface area contributed by atoms with E-state index in [0.29, 0.717) is 26.1 Å². The van der Waals surface area contributed by atoms with E-state index in [0.717, 1.165) is 30.3 Å². The Bertz CT molecular complexity index is 1500. The summed E-state index contributed by atoms with van der Waals surface area (Å²) in [5.41, 5.74) is -0.741. The number of hydrogen-bond acceptors (Lipinski definition) is 7. The molecule has 0 aliphatic rings. The number of methoxy groups -OCH3 is 1. The third-order valence-electron chi connectivity index (χ3n) is 5.05. The molecule has 9 nitrogen and oxygen atoms in total. The van der Waals surface area contributed by atoms with Gasteiger partial charge in [-0.05, 0) is 55.3 Å². The summed E-state index contributed by atoms with van der Waals surface area (Å²) in [4.78, 5) is -1.06. The minimum absolute atomic E-state index is 0.191. The number of benzene rings is 3. The smallest absolute Gasteiger partial charge is 0.265 e. The van der Waals surface area contributed by atoms with Crippen molar-refractivity contribution in [2.45, 2.75) is 36.5 Å². The first-order valence-corrected chi connectivity index (χ1v) is 14.6. The maximum atomic E-state index is 14.6. The molecule has 0 saturated carbocycles. The van der Waals surface area contributed by atoms with E-state index in [1.165, 1.54) is 31.4 Å². The Hall–Kier alpha value is -3.58. The quantitative estimate of drug-likeness (QED) is 0.292. The lowest BCUT2D eigenvalue weighted by atomic mass is 10.3. The molecule has 3 aromatic rings. The van der Waals surface area contributed by atoms with Gasteiger partial charge in [-0.1, -0.05) is 13.8 Å². The molecular formula is C25H28F2N2O7S2. The number of halogens is 2. The van der Waals surface area contributed by atoms with E-state index in [9.17, 15) is 25.6 Å². The van der Waals surface area contributed by atoms with Crippen molar-refractivity contribution < 1.29 is 39.8 Å². The van der Waals surface area contributed by atoms with Gasteiger partial charge >= 0.3 is 0 Å². The minimum Gasteiger partial charge on any atom is -0.495 e. The second-order valence-corrected chi connectivity index (χ2v) is 11.3. The van der Waals surface area contributed by atoms with Crippen LogP contribution in [0.5, 0.6) is 17.2 Å². The van der Waals surface area contributed by atoms with Crippen molar-refractivity contribution in [1.82, 2.24) is 0 Å². The Morgan fingerprint density at radius 3 is 1.66 bits per heavy atom. The summed E-state index contributed by atoms with van der Waals surface area (Å²) in [5, 5.41) is 0. The van der Waals surface area contributed by atoms with Crippen LogP contribution >= 0.6 is 0 Å². The van der Waals surface area contributed by atoms with Gasteiger partial charge in [0.05, 0.1) is 36.6 Å². The number of sulfonamides is 2. The van der Waals surface area contributed by atoms with Gasteiger partial charge in [0.1, 0.15) is 22.1 Å². The van der Waals surface area contributed by atoms with Crippen LogP contribution in [0.3, 0.4) is 0 Å². The van der Waals surface area contributed by atoms with E-state index in [4.69, 9.17) is 14.2 Å². The first-order valence-electron chi connectivity index (χ1n) is 11.6. The summed E-state index contributed by atoms with van der Waals surface area (Å²) in [6.45, 7) is 4.49. The highest BCUT2D eigenvalue weighted by Crippen LogP contribution is 2.31. The highest BCUT2D eigenvalue weighted by molar-refractivity contribution is 7.93. The van der Waals surface area contributed by atoms with E-state index in [2.05, 4.69) is 9.44 Å². The maximum Gasteiger partial charge on any atom is 0.265 e. The van der Waals surface area contributed by atoms with Crippen LogP contribution in [0, 0.1) is 11.6 Å². The number of ether oxygens (including phenoxy) is 3. The Morgan fingerprint density at radius 1 is 0.711 bits per heavy atom. The predicted octanol–water partition coefficient (Wildman–Crippen LogP) is 5.15. The van der Waals surface area contributed by atoms with Gasteiger partial charge in [-0.15, -0.1) is 0 Å². The van der Waals surface area contributed by atoms with Gasteiger partial charge in [0.2, 0.25) is 0 Å². The van der Waals surface area contributed by atoms with Gasteiger partial charge in [-0.2, -0.15) is 0 Å². The molecule has 3 aromatic carbocycles. The summed E-state index contributed by atoms with van der Waals surface area (Å²) in [7, 11) is -7.77. The molecule has 0 heterocycles. The largest absolute Gasteiger partial charge is 0.495 e. The van der Waals surface area contributed by atoms with E-state index in [-0.39, 0.29) is 28.6 Å². The number of hydrogen-bond donors (Lipinski definition) is 2. The molecule has 0 atom stereocenters. The van der Waals surface area contributed by atoms with Crippen molar-refractivity contribution in [3.05, 3.63) is 66.2 Å². The molecule has 0 amide bonds. The molecule has 0 bridgehead atoms. The fourth-order valence-electron chi connectivity index (χ4n) is 3.21. The van der Waals surface area contributed by atoms with E-state index in [1.807, 2.05) is 13.8 Å². The molecule has 0 aliphatic heterocycles. The van der Waals surface area contributed by atoms with Gasteiger partial charge in [0, 0.05) is 12.1 Å². The van der Waals surface area contributed by atoms with E-state index < -0.39 is 41.5 Å². The molecule has 206 valence electrons. The van der Waals surface area contributed by atoms with Crippen molar-refractivity contribution in [2.24, 2.45) is 0 Å². The molecule has 38 heavy (non-hydrogen) atoms. The van der Waals surface area contributed by atoms with E-state index in [1.54, 1.807) is 0 Å². The average Bonchev–Trinajstić information content (AvgIpc) is 2.88. The molecule has 0 aliphatic carbocycles. The summed E-state index contributed by atoms with van der Waals surface area (Å²) in [6.07, 6.45) is 1.41. The Balaban J connectivity index is 1.90. The molecule has 0 aromatic heterocycles. The van der Waals surface area contributed by atoms with Crippen LogP contribution < -0.4 is 23.7 Å². The third-order valence-corrected chi connectivity index (χ3v) is 7.80. The lowest BCUT2D eigenvalue weighted by Crippen LogP contribution is -2.18. The van der Waals surface area contributed by atoms with Crippen LogP contribution in [0.4, 0.5) is 20.2 Å². The predicted molar refractivity (Wildman–Crippen MR) is 139 cm³/mol. The highest BCUT2D eigenvalue weighted by atomic mass is 32.2. The van der Waals surface area contributed by atoms with Gasteiger partial charge in [-0.25, -0.2) is 25.6 Å². The normalized spacial score (nSPS) is 11.6. The first-order chi connectivity index (χ1) is 18.0. The summed E-state index contributed by atoms with van der Waals surface area (Å²) < 4.78 is 101. The fourth-order valence-corrected chi connectivity index (χ4v) is 5.65. The van der Waals surface area contributed by atoms with Gasteiger partial charge in [-0.3, -0.25) is 9.44 Å². The van der Waals surface area contributed by atoms with Gasteiger partial charge < -0.3 is 14.2 Å². The second kappa shape index (κ2) is 12.3. The topological polar surface area (TPSA) is 120 Å². The zero-order chi connectivity index (χ0) is 27.9. The summed E-state index contributed by atoms with van der Waals surface area (Å²) in [6, 6.07) is 10.3. The van der Waals surface area contributed by atoms with Crippen LogP contribution in [0.15, 0.2) is 64.4 Å². The first kappa shape index (κ1) is 29.0. The Morgan fingerprint density at radius 2 is 1.21 bits per heavy atom. The summed E-state index contributed by atoms with van der Waals surface area (Å²) in [5.74, 6) is -1.52. The van der Waals surface area contributed by atoms with Crippen molar-refractivity contribution in [1.29, 1.82) is 0 Å². The van der Waals surface area contributed by atoms with Crippen molar-refractivity contribution in [3.63, 3.8) is 0 Å². The summed E-state index contributed by atoms with van der Waals surface area (Å²) >= 11 is 0. The molecule has 13 heteroatoms. The Labute approximate surface area is 220 Å². The van der Waals surface area contributed by atoms with Crippen LogP contribution in [0.25, 0.3) is 0 Å². The molecule has 0 spiro atoms. The van der Waals surface area contributed by atoms with Crippen LogP contribution in [-0.4, -0.2) is 37.2 Å². The molecule has 0 fully saturated rings. The van der Waals surface area contributed by atoms with Gasteiger partial charge in [0.15, 0.2) is 11.6 Å². The van der Waals surface area contributed by atoms with Crippen molar-refractivity contribution in [2.75, 3.05) is 29.8 Å². The number of nitrogens with one attached hydrogen (secondary N) is 2. The zero-order valence-corrected chi connectivity index (χ0v) is 22.6. The SMILES string of the molecule is CCCOc1ccc(NS(=O)(=O)c2ccc(OC)c(S(=O)(=O)Nc3ccc(OCCC)cc3F)c2)c(F)c1. The van der Waals surface area contributed by atoms with Crippen molar-refractivity contribution in [3.8, 4) is 17.2 Å². The minimum atomic E-state index is -4.53. The molecule has 2 N–H and O–H groups in total. The second-order valence-electron chi connectivity index (χ2n) is 8.00. The molecule has 3 rings (SSSR count). The number of anilines is 2.